The zero-order valence-electron chi connectivity index (χ0n) is 15.4. The largest absolute Gasteiger partial charge is 0.376 e. The Kier molecular flexibility index (Phi) is 4.79. The fourth-order valence-electron chi connectivity index (χ4n) is 4.15. The number of ether oxygens (including phenoxy) is 1. The van der Waals surface area contributed by atoms with Crippen molar-refractivity contribution >= 4 is 5.91 Å². The average molecular weight is 350 g/mol. The molecule has 4 rings (SSSR count). The summed E-state index contributed by atoms with van der Waals surface area (Å²) in [5.41, 5.74) is 4.01. The first kappa shape index (κ1) is 17.3. The van der Waals surface area contributed by atoms with E-state index in [2.05, 4.69) is 42.3 Å². The normalized spacial score (nSPS) is 25.7. The number of nitrogens with one attached hydrogen (secondary N) is 1. The average Bonchev–Trinajstić information content (AvgIpc) is 3.03. The van der Waals surface area contributed by atoms with Crippen LogP contribution in [0.1, 0.15) is 29.3 Å². The molecule has 0 saturated carbocycles. The number of nitrogens with zero attached hydrogens (tertiary/aromatic N) is 1. The van der Waals surface area contributed by atoms with Gasteiger partial charge in [-0.15, -0.1) is 0 Å². The first-order valence-corrected chi connectivity index (χ1v) is 9.43. The lowest BCUT2D eigenvalue weighted by Crippen LogP contribution is -2.45. The smallest absolute Gasteiger partial charge is 0.252 e. The summed E-state index contributed by atoms with van der Waals surface area (Å²) >= 11 is 0. The Morgan fingerprint density at radius 2 is 2.00 bits per heavy atom. The van der Waals surface area contributed by atoms with Gasteiger partial charge in [0, 0.05) is 30.7 Å². The molecule has 1 N–H and O–H groups in total. The van der Waals surface area contributed by atoms with Crippen LogP contribution in [0.5, 0.6) is 0 Å². The third-order valence-corrected chi connectivity index (χ3v) is 5.43. The van der Waals surface area contributed by atoms with Gasteiger partial charge in [-0.2, -0.15) is 0 Å². The third kappa shape index (κ3) is 3.53. The highest BCUT2D eigenvalue weighted by Crippen LogP contribution is 2.26. The van der Waals surface area contributed by atoms with Crippen LogP contribution in [0.2, 0.25) is 0 Å². The van der Waals surface area contributed by atoms with Gasteiger partial charge in [0.05, 0.1) is 12.7 Å². The van der Waals surface area contributed by atoms with Gasteiger partial charge in [-0.05, 0) is 37.5 Å². The fraction of sp³-hybridized carbons (Fsp3) is 0.409. The predicted molar refractivity (Wildman–Crippen MR) is 103 cm³/mol. The highest BCUT2D eigenvalue weighted by Gasteiger charge is 2.36. The molecule has 0 radical (unpaired) electrons. The summed E-state index contributed by atoms with van der Waals surface area (Å²) in [5, 5.41) is 3.25. The minimum absolute atomic E-state index is 0.0147. The first-order valence-electron chi connectivity index (χ1n) is 9.43. The van der Waals surface area contributed by atoms with E-state index >= 15 is 0 Å². The summed E-state index contributed by atoms with van der Waals surface area (Å²) in [6.07, 6.45) is 1.24. The van der Waals surface area contributed by atoms with Gasteiger partial charge in [0.25, 0.3) is 5.91 Å². The molecule has 26 heavy (non-hydrogen) atoms. The zero-order chi connectivity index (χ0) is 18.1. The standard InChI is InChI=1S/C22H26N2O2/c1-15-6-5-7-17(10-15)20-8-3-4-9-21(20)22(25)23-18-11-19-14-26-16(2)12-24(19)13-18/h3-10,16,18-19H,11-14H2,1-2H3,(H,23,25)/t16-,18+,19+/m1/s1. The van der Waals surface area contributed by atoms with Crippen molar-refractivity contribution in [2.24, 2.45) is 0 Å². The fourth-order valence-corrected chi connectivity index (χ4v) is 4.15. The predicted octanol–water partition coefficient (Wildman–Crippen LogP) is 3.25. The molecule has 0 spiro atoms. The molecule has 2 aromatic rings. The monoisotopic (exact) mass is 350 g/mol. The van der Waals surface area contributed by atoms with Gasteiger partial charge in [-0.1, -0.05) is 48.0 Å². The van der Waals surface area contributed by atoms with Crippen molar-refractivity contribution in [2.45, 2.75) is 38.5 Å². The Morgan fingerprint density at radius 1 is 1.15 bits per heavy atom. The molecule has 0 aromatic heterocycles. The maximum absolute atomic E-state index is 13.0. The second kappa shape index (κ2) is 7.22. The molecule has 0 aliphatic carbocycles. The van der Waals surface area contributed by atoms with Crippen LogP contribution in [-0.4, -0.2) is 48.7 Å². The van der Waals surface area contributed by atoms with Crippen molar-refractivity contribution in [3.05, 3.63) is 59.7 Å². The van der Waals surface area contributed by atoms with Crippen LogP contribution in [-0.2, 0) is 4.74 Å². The van der Waals surface area contributed by atoms with E-state index < -0.39 is 0 Å². The quantitative estimate of drug-likeness (QED) is 0.924. The molecular weight excluding hydrogens is 324 g/mol. The number of carbonyl (C=O) groups excluding carboxylic acids is 1. The summed E-state index contributed by atoms with van der Waals surface area (Å²) < 4.78 is 5.76. The minimum atomic E-state index is 0.0147. The molecule has 136 valence electrons. The number of rotatable bonds is 3. The van der Waals surface area contributed by atoms with Gasteiger partial charge in [0.15, 0.2) is 0 Å². The maximum atomic E-state index is 13.0. The molecule has 1 amide bonds. The number of hydrogen-bond acceptors (Lipinski definition) is 3. The maximum Gasteiger partial charge on any atom is 0.252 e. The van der Waals surface area contributed by atoms with E-state index in [1.165, 1.54) is 5.56 Å². The van der Waals surface area contributed by atoms with Crippen molar-refractivity contribution in [3.63, 3.8) is 0 Å². The summed E-state index contributed by atoms with van der Waals surface area (Å²) in [5.74, 6) is 0.0147. The zero-order valence-corrected chi connectivity index (χ0v) is 15.4. The van der Waals surface area contributed by atoms with Gasteiger partial charge in [0.1, 0.15) is 0 Å². The number of amides is 1. The van der Waals surface area contributed by atoms with Gasteiger partial charge < -0.3 is 10.1 Å². The van der Waals surface area contributed by atoms with E-state index in [-0.39, 0.29) is 18.1 Å². The molecule has 0 unspecified atom stereocenters. The van der Waals surface area contributed by atoms with Crippen LogP contribution in [0.25, 0.3) is 11.1 Å². The van der Waals surface area contributed by atoms with Crippen LogP contribution < -0.4 is 5.32 Å². The highest BCUT2D eigenvalue weighted by atomic mass is 16.5. The second-order valence-corrected chi connectivity index (χ2v) is 7.57. The number of benzene rings is 2. The Labute approximate surface area is 155 Å². The SMILES string of the molecule is Cc1cccc(-c2ccccc2C(=O)N[C@H]2C[C@H]3CO[C@H](C)CN3C2)c1. The third-order valence-electron chi connectivity index (χ3n) is 5.43. The Balaban J connectivity index is 1.51. The molecule has 2 heterocycles. The molecular formula is C22H26N2O2. The van der Waals surface area contributed by atoms with Gasteiger partial charge in [-0.25, -0.2) is 0 Å². The Hall–Kier alpha value is -2.17. The van der Waals surface area contributed by atoms with E-state index in [0.717, 1.165) is 42.8 Å². The van der Waals surface area contributed by atoms with Crippen molar-refractivity contribution in [1.29, 1.82) is 0 Å². The Morgan fingerprint density at radius 3 is 2.85 bits per heavy atom. The van der Waals surface area contributed by atoms with E-state index in [0.29, 0.717) is 6.04 Å². The highest BCUT2D eigenvalue weighted by molar-refractivity contribution is 6.01. The van der Waals surface area contributed by atoms with Crippen molar-refractivity contribution in [2.75, 3.05) is 19.7 Å². The van der Waals surface area contributed by atoms with Crippen molar-refractivity contribution in [1.82, 2.24) is 10.2 Å². The lowest BCUT2D eigenvalue weighted by molar-refractivity contribution is -0.0390. The Bertz CT molecular complexity index is 804. The van der Waals surface area contributed by atoms with E-state index in [1.807, 2.05) is 30.3 Å². The lowest BCUT2D eigenvalue weighted by atomic mass is 9.97. The van der Waals surface area contributed by atoms with Crippen LogP contribution in [0.4, 0.5) is 0 Å². The van der Waals surface area contributed by atoms with Crippen molar-refractivity contribution in [3.8, 4) is 11.1 Å². The summed E-state index contributed by atoms with van der Waals surface area (Å²) in [7, 11) is 0. The molecule has 2 saturated heterocycles. The second-order valence-electron chi connectivity index (χ2n) is 7.57. The summed E-state index contributed by atoms with van der Waals surface area (Å²) in [6.45, 7) is 6.82. The summed E-state index contributed by atoms with van der Waals surface area (Å²) in [6, 6.07) is 16.8. The number of hydrogen-bond donors (Lipinski definition) is 1. The van der Waals surface area contributed by atoms with Gasteiger partial charge in [-0.3, -0.25) is 9.69 Å². The van der Waals surface area contributed by atoms with Gasteiger partial charge >= 0.3 is 0 Å². The van der Waals surface area contributed by atoms with Crippen molar-refractivity contribution < 1.29 is 9.53 Å². The molecule has 2 aliphatic heterocycles. The number of aryl methyl sites for hydroxylation is 1. The number of fused-ring (bicyclic) bond motifs is 1. The number of carbonyl (C=O) groups is 1. The molecule has 2 fully saturated rings. The van der Waals surface area contributed by atoms with E-state index in [1.54, 1.807) is 0 Å². The van der Waals surface area contributed by atoms with Crippen LogP contribution in [0.3, 0.4) is 0 Å². The van der Waals surface area contributed by atoms with E-state index in [9.17, 15) is 4.79 Å². The molecule has 4 heteroatoms. The molecule has 0 bridgehead atoms. The summed E-state index contributed by atoms with van der Waals surface area (Å²) in [4.78, 5) is 15.4. The topological polar surface area (TPSA) is 41.6 Å². The lowest BCUT2D eigenvalue weighted by Gasteiger charge is -2.33. The minimum Gasteiger partial charge on any atom is -0.376 e. The molecule has 2 aromatic carbocycles. The van der Waals surface area contributed by atoms with Gasteiger partial charge in [0.2, 0.25) is 0 Å². The van der Waals surface area contributed by atoms with E-state index in [4.69, 9.17) is 4.74 Å². The van der Waals surface area contributed by atoms with Crippen LogP contribution in [0, 0.1) is 6.92 Å². The first-order chi connectivity index (χ1) is 12.6. The number of morpholine rings is 1. The van der Waals surface area contributed by atoms with Crippen LogP contribution >= 0.6 is 0 Å². The molecule has 4 nitrogen and oxygen atoms in total. The molecule has 3 atom stereocenters. The van der Waals surface area contributed by atoms with Crippen LogP contribution in [0.15, 0.2) is 48.5 Å². The molecule has 2 aliphatic rings.